The number of ether oxygens (including phenoxy) is 1. The van der Waals surface area contributed by atoms with E-state index in [0.29, 0.717) is 5.75 Å². The predicted octanol–water partition coefficient (Wildman–Crippen LogP) is 3.64. The van der Waals surface area contributed by atoms with Crippen LogP contribution < -0.4 is 4.74 Å². The van der Waals surface area contributed by atoms with Crippen LogP contribution in [0.25, 0.3) is 17.0 Å². The second-order valence-corrected chi connectivity index (χ2v) is 5.87. The van der Waals surface area contributed by atoms with Crippen LogP contribution in [-0.4, -0.2) is 23.2 Å². The number of carboxylic acids is 1. The van der Waals surface area contributed by atoms with Crippen molar-refractivity contribution in [3.05, 3.63) is 41.6 Å². The van der Waals surface area contributed by atoms with Gasteiger partial charge in [-0.2, -0.15) is 0 Å². The summed E-state index contributed by atoms with van der Waals surface area (Å²) in [6, 6.07) is 7.57. The molecule has 0 atom stereocenters. The number of aromatic nitrogens is 1. The van der Waals surface area contributed by atoms with E-state index in [-0.39, 0.29) is 5.41 Å². The molecule has 0 aliphatic carbocycles. The number of methoxy groups -OCH3 is 1. The number of carboxylic acid groups (broad SMARTS) is 1. The maximum Gasteiger partial charge on any atom is 0.328 e. The molecule has 1 aromatic heterocycles. The topological polar surface area (TPSA) is 59.4 Å². The lowest BCUT2D eigenvalue weighted by Crippen LogP contribution is -2.14. The molecule has 0 aliphatic heterocycles. The van der Waals surface area contributed by atoms with Gasteiger partial charge in [-0.15, -0.1) is 0 Å². The molecular weight excluding hydrogens is 266 g/mol. The Labute approximate surface area is 124 Å². The Hall–Kier alpha value is -2.36. The molecule has 2 rings (SSSR count). The SMILES string of the molecule is COc1cccc2c(/C=C/C(=O)O)cc(C(C)(C)C)nc12. The van der Waals surface area contributed by atoms with Crippen molar-refractivity contribution in [3.8, 4) is 5.75 Å². The summed E-state index contributed by atoms with van der Waals surface area (Å²) >= 11 is 0. The van der Waals surface area contributed by atoms with Crippen molar-refractivity contribution < 1.29 is 14.6 Å². The first-order valence-electron chi connectivity index (χ1n) is 6.72. The summed E-state index contributed by atoms with van der Waals surface area (Å²) in [6.45, 7) is 6.21. The Balaban J connectivity index is 2.78. The quantitative estimate of drug-likeness (QED) is 0.875. The van der Waals surface area contributed by atoms with Crippen molar-refractivity contribution >= 4 is 22.9 Å². The molecule has 0 fully saturated rings. The summed E-state index contributed by atoms with van der Waals surface area (Å²) in [5.74, 6) is -0.288. The molecular formula is C17H19NO3. The van der Waals surface area contributed by atoms with Crippen molar-refractivity contribution in [2.45, 2.75) is 26.2 Å². The van der Waals surface area contributed by atoms with Crippen LogP contribution in [-0.2, 0) is 10.2 Å². The van der Waals surface area contributed by atoms with Crippen molar-refractivity contribution in [3.63, 3.8) is 0 Å². The fourth-order valence-corrected chi connectivity index (χ4v) is 2.10. The first-order chi connectivity index (χ1) is 9.82. The molecule has 1 heterocycles. The van der Waals surface area contributed by atoms with Gasteiger partial charge in [0.15, 0.2) is 0 Å². The third kappa shape index (κ3) is 3.21. The maximum atomic E-state index is 10.8. The summed E-state index contributed by atoms with van der Waals surface area (Å²) in [6.07, 6.45) is 2.74. The fraction of sp³-hybridized carbons (Fsp3) is 0.294. The molecule has 21 heavy (non-hydrogen) atoms. The summed E-state index contributed by atoms with van der Waals surface area (Å²) in [5, 5.41) is 9.72. The molecule has 4 heteroatoms. The van der Waals surface area contributed by atoms with Crippen molar-refractivity contribution in [1.82, 2.24) is 4.98 Å². The Bertz CT molecular complexity index is 712. The van der Waals surface area contributed by atoms with Gasteiger partial charge in [0.2, 0.25) is 0 Å². The Morgan fingerprint density at radius 3 is 2.62 bits per heavy atom. The highest BCUT2D eigenvalue weighted by atomic mass is 16.5. The van der Waals surface area contributed by atoms with E-state index < -0.39 is 5.97 Å². The summed E-state index contributed by atoms with van der Waals surface area (Å²) in [4.78, 5) is 15.5. The first-order valence-corrected chi connectivity index (χ1v) is 6.72. The van der Waals surface area contributed by atoms with Gasteiger partial charge in [0.25, 0.3) is 0 Å². The summed E-state index contributed by atoms with van der Waals surface area (Å²) in [5.41, 5.74) is 2.33. The van der Waals surface area contributed by atoms with Crippen LogP contribution in [0.3, 0.4) is 0 Å². The molecule has 0 spiro atoms. The van der Waals surface area contributed by atoms with E-state index >= 15 is 0 Å². The number of carbonyl (C=O) groups is 1. The standard InChI is InChI=1S/C17H19NO3/c1-17(2,3)14-10-11(8-9-15(19)20)12-6-5-7-13(21-4)16(12)18-14/h5-10H,1-4H3,(H,19,20)/b9-8+. The van der Waals surface area contributed by atoms with Crippen LogP contribution in [0.1, 0.15) is 32.0 Å². The zero-order valence-corrected chi connectivity index (χ0v) is 12.7. The molecule has 4 nitrogen and oxygen atoms in total. The Kier molecular flexibility index (Phi) is 3.98. The number of hydrogen-bond acceptors (Lipinski definition) is 3. The van der Waals surface area contributed by atoms with Gasteiger partial charge >= 0.3 is 5.97 Å². The van der Waals surface area contributed by atoms with Gasteiger partial charge < -0.3 is 9.84 Å². The minimum atomic E-state index is -0.972. The number of nitrogens with zero attached hydrogens (tertiary/aromatic N) is 1. The second-order valence-electron chi connectivity index (χ2n) is 5.87. The molecule has 0 saturated heterocycles. The molecule has 0 radical (unpaired) electrons. The monoisotopic (exact) mass is 285 g/mol. The molecule has 110 valence electrons. The van der Waals surface area contributed by atoms with Gasteiger partial charge in [-0.25, -0.2) is 9.78 Å². The highest BCUT2D eigenvalue weighted by Gasteiger charge is 2.18. The van der Waals surface area contributed by atoms with Crippen LogP contribution >= 0.6 is 0 Å². The maximum absolute atomic E-state index is 10.8. The van der Waals surface area contributed by atoms with Crippen LogP contribution in [0.5, 0.6) is 5.75 Å². The van der Waals surface area contributed by atoms with E-state index in [4.69, 9.17) is 14.8 Å². The number of aliphatic carboxylic acids is 1. The number of fused-ring (bicyclic) bond motifs is 1. The third-order valence-electron chi connectivity index (χ3n) is 3.23. The van der Waals surface area contributed by atoms with E-state index in [0.717, 1.165) is 28.2 Å². The lowest BCUT2D eigenvalue weighted by molar-refractivity contribution is -0.131. The average Bonchev–Trinajstić information content (AvgIpc) is 2.42. The molecule has 0 amide bonds. The molecule has 0 aliphatic rings. The molecule has 0 bridgehead atoms. The molecule has 2 aromatic rings. The van der Waals surface area contributed by atoms with Crippen molar-refractivity contribution in [2.75, 3.05) is 7.11 Å². The summed E-state index contributed by atoms with van der Waals surface area (Å²) in [7, 11) is 1.60. The highest BCUT2D eigenvalue weighted by molar-refractivity contribution is 5.95. The Morgan fingerprint density at radius 2 is 2.05 bits per heavy atom. The normalized spacial score (nSPS) is 12.0. The number of hydrogen-bond donors (Lipinski definition) is 1. The van der Waals surface area contributed by atoms with E-state index in [9.17, 15) is 4.79 Å². The lowest BCUT2D eigenvalue weighted by Gasteiger charge is -2.20. The molecule has 0 saturated carbocycles. The minimum Gasteiger partial charge on any atom is -0.494 e. The smallest absolute Gasteiger partial charge is 0.328 e. The zero-order chi connectivity index (χ0) is 15.6. The molecule has 1 N–H and O–H groups in total. The van der Waals surface area contributed by atoms with Gasteiger partial charge in [0, 0.05) is 22.6 Å². The van der Waals surface area contributed by atoms with Gasteiger partial charge in [-0.05, 0) is 23.8 Å². The number of pyridine rings is 1. The van der Waals surface area contributed by atoms with E-state index in [1.807, 2.05) is 24.3 Å². The lowest BCUT2D eigenvalue weighted by atomic mass is 9.89. The first kappa shape index (κ1) is 15.0. The number of rotatable bonds is 3. The molecule has 0 unspecified atom stereocenters. The highest BCUT2D eigenvalue weighted by Crippen LogP contribution is 2.31. The second kappa shape index (κ2) is 5.56. The van der Waals surface area contributed by atoms with Crippen LogP contribution in [0.2, 0.25) is 0 Å². The Morgan fingerprint density at radius 1 is 1.33 bits per heavy atom. The van der Waals surface area contributed by atoms with Crippen LogP contribution in [0.4, 0.5) is 0 Å². The largest absolute Gasteiger partial charge is 0.494 e. The number of benzene rings is 1. The minimum absolute atomic E-state index is 0.138. The van der Waals surface area contributed by atoms with Gasteiger partial charge in [-0.1, -0.05) is 32.9 Å². The zero-order valence-electron chi connectivity index (χ0n) is 12.7. The number of para-hydroxylation sites is 1. The summed E-state index contributed by atoms with van der Waals surface area (Å²) < 4.78 is 5.37. The van der Waals surface area contributed by atoms with Gasteiger partial charge in [-0.3, -0.25) is 0 Å². The fourth-order valence-electron chi connectivity index (χ4n) is 2.10. The van der Waals surface area contributed by atoms with Crippen LogP contribution in [0, 0.1) is 0 Å². The van der Waals surface area contributed by atoms with Gasteiger partial charge in [0.05, 0.1) is 7.11 Å². The van der Waals surface area contributed by atoms with E-state index in [1.165, 1.54) is 0 Å². The predicted molar refractivity (Wildman–Crippen MR) is 83.7 cm³/mol. The van der Waals surface area contributed by atoms with Crippen molar-refractivity contribution in [2.24, 2.45) is 0 Å². The van der Waals surface area contributed by atoms with E-state index in [1.54, 1.807) is 13.2 Å². The third-order valence-corrected chi connectivity index (χ3v) is 3.23. The van der Waals surface area contributed by atoms with Crippen molar-refractivity contribution in [1.29, 1.82) is 0 Å². The van der Waals surface area contributed by atoms with E-state index in [2.05, 4.69) is 20.8 Å². The molecule has 1 aromatic carbocycles. The average molecular weight is 285 g/mol. The van der Waals surface area contributed by atoms with Gasteiger partial charge in [0.1, 0.15) is 11.3 Å². The van der Waals surface area contributed by atoms with Crippen LogP contribution in [0.15, 0.2) is 30.3 Å².